The molecular formula is C25H34N4O3. The quantitative estimate of drug-likeness (QED) is 0.794. The fraction of sp³-hybridized carbons (Fsp3) is 0.640. The molecule has 2 amide bonds. The summed E-state index contributed by atoms with van der Waals surface area (Å²) < 4.78 is 7.78. The number of benzene rings is 1. The van der Waals surface area contributed by atoms with Crippen LogP contribution in [0.1, 0.15) is 63.5 Å². The molecule has 32 heavy (non-hydrogen) atoms. The van der Waals surface area contributed by atoms with E-state index in [1.54, 1.807) is 4.90 Å². The van der Waals surface area contributed by atoms with Gasteiger partial charge in [-0.15, -0.1) is 0 Å². The van der Waals surface area contributed by atoms with Crippen molar-refractivity contribution in [2.24, 2.45) is 11.8 Å². The number of aromatic nitrogens is 2. The Morgan fingerprint density at radius 1 is 1.22 bits per heavy atom. The lowest BCUT2D eigenvalue weighted by atomic mass is 9.77. The molecule has 5 atom stereocenters. The molecule has 172 valence electrons. The van der Waals surface area contributed by atoms with Crippen molar-refractivity contribution in [2.45, 2.75) is 77.1 Å². The number of nitrogens with zero attached hydrogens (tertiary/aromatic N) is 3. The molecule has 1 aromatic heterocycles. The average molecular weight is 439 g/mol. The first-order chi connectivity index (χ1) is 15.4. The molecule has 7 heteroatoms. The Kier molecular flexibility index (Phi) is 5.48. The molecule has 2 aliphatic heterocycles. The fourth-order valence-corrected chi connectivity index (χ4v) is 5.72. The van der Waals surface area contributed by atoms with Crippen LogP contribution in [0, 0.1) is 11.8 Å². The predicted octanol–water partition coefficient (Wildman–Crippen LogP) is 3.37. The van der Waals surface area contributed by atoms with E-state index in [1.165, 1.54) is 6.42 Å². The van der Waals surface area contributed by atoms with Crippen LogP contribution in [-0.2, 0) is 16.1 Å². The van der Waals surface area contributed by atoms with Crippen molar-refractivity contribution in [3.63, 3.8) is 0 Å². The van der Waals surface area contributed by atoms with Crippen molar-refractivity contribution in [3.05, 3.63) is 30.1 Å². The second-order valence-corrected chi connectivity index (χ2v) is 10.2. The van der Waals surface area contributed by atoms with Gasteiger partial charge in [0, 0.05) is 19.2 Å². The van der Waals surface area contributed by atoms with E-state index in [0.29, 0.717) is 37.4 Å². The van der Waals surface area contributed by atoms with Gasteiger partial charge in [0.1, 0.15) is 5.54 Å². The smallest absolute Gasteiger partial charge is 0.290 e. The molecule has 5 rings (SSSR count). The highest BCUT2D eigenvalue weighted by Gasteiger charge is 2.50. The number of carbonyl (C=O) groups is 2. The number of nitrogens with one attached hydrogen (secondary N) is 1. The van der Waals surface area contributed by atoms with Gasteiger partial charge in [0.05, 0.1) is 23.7 Å². The summed E-state index contributed by atoms with van der Waals surface area (Å²) in [5.41, 5.74) is 0.679. The first-order valence-electron chi connectivity index (χ1n) is 12.1. The second kappa shape index (κ2) is 8.18. The van der Waals surface area contributed by atoms with Crippen LogP contribution in [0.25, 0.3) is 11.0 Å². The average Bonchev–Trinajstić information content (AvgIpc) is 3.42. The van der Waals surface area contributed by atoms with Gasteiger partial charge in [-0.05, 0) is 50.2 Å². The van der Waals surface area contributed by atoms with Crippen molar-refractivity contribution in [2.75, 3.05) is 13.2 Å². The summed E-state index contributed by atoms with van der Waals surface area (Å²) in [5.74, 6) is 1.16. The van der Waals surface area contributed by atoms with Crippen LogP contribution in [-0.4, -0.2) is 57.1 Å². The molecule has 1 saturated carbocycles. The van der Waals surface area contributed by atoms with Crippen molar-refractivity contribution in [3.8, 4) is 0 Å². The van der Waals surface area contributed by atoms with Gasteiger partial charge in [-0.1, -0.05) is 38.8 Å². The van der Waals surface area contributed by atoms with Crippen LogP contribution >= 0.6 is 0 Å². The Balaban J connectivity index is 1.50. The molecule has 1 saturated heterocycles. The molecule has 7 nitrogen and oxygen atoms in total. The Bertz CT molecular complexity index is 1030. The monoisotopic (exact) mass is 438 g/mol. The van der Waals surface area contributed by atoms with Crippen molar-refractivity contribution in [1.29, 1.82) is 0 Å². The molecule has 2 fully saturated rings. The highest BCUT2D eigenvalue weighted by Crippen LogP contribution is 2.34. The Morgan fingerprint density at radius 2 is 2.03 bits per heavy atom. The van der Waals surface area contributed by atoms with Gasteiger partial charge in [-0.3, -0.25) is 9.59 Å². The Morgan fingerprint density at radius 3 is 2.81 bits per heavy atom. The van der Waals surface area contributed by atoms with Crippen LogP contribution in [0.15, 0.2) is 24.3 Å². The molecule has 0 spiro atoms. The van der Waals surface area contributed by atoms with E-state index in [9.17, 15) is 9.59 Å². The zero-order valence-corrected chi connectivity index (χ0v) is 19.3. The lowest BCUT2D eigenvalue weighted by Gasteiger charge is -2.45. The minimum Gasteiger partial charge on any atom is -0.376 e. The molecule has 1 aromatic carbocycles. The number of ether oxygens (including phenoxy) is 1. The van der Waals surface area contributed by atoms with Crippen LogP contribution in [0.5, 0.6) is 0 Å². The van der Waals surface area contributed by atoms with E-state index in [4.69, 9.17) is 4.74 Å². The van der Waals surface area contributed by atoms with Crippen molar-refractivity contribution < 1.29 is 14.3 Å². The van der Waals surface area contributed by atoms with Crippen LogP contribution in [0.4, 0.5) is 0 Å². The molecule has 3 aliphatic rings. The Hall–Kier alpha value is -2.41. The third kappa shape index (κ3) is 3.51. The van der Waals surface area contributed by atoms with Crippen LogP contribution in [0.3, 0.4) is 0 Å². The molecule has 0 unspecified atom stereocenters. The third-order valence-corrected chi connectivity index (χ3v) is 8.08. The first kappa shape index (κ1) is 21.4. The Labute approximate surface area is 189 Å². The first-order valence-corrected chi connectivity index (χ1v) is 12.1. The fourth-order valence-electron chi connectivity index (χ4n) is 5.72. The van der Waals surface area contributed by atoms with Gasteiger partial charge in [-0.25, -0.2) is 4.98 Å². The maximum absolute atomic E-state index is 13.9. The third-order valence-electron chi connectivity index (χ3n) is 8.08. The number of hydrogen-bond donors (Lipinski definition) is 1. The minimum absolute atomic E-state index is 0.0318. The van der Waals surface area contributed by atoms with Gasteiger partial charge < -0.3 is 19.5 Å². The van der Waals surface area contributed by atoms with E-state index < -0.39 is 5.54 Å². The summed E-state index contributed by atoms with van der Waals surface area (Å²) in [6.07, 6.45) is 5.20. The van der Waals surface area contributed by atoms with Crippen LogP contribution in [0.2, 0.25) is 0 Å². The number of para-hydroxylation sites is 2. The number of amides is 2. The molecule has 1 aliphatic carbocycles. The second-order valence-electron chi connectivity index (χ2n) is 10.2. The van der Waals surface area contributed by atoms with Gasteiger partial charge >= 0.3 is 0 Å². The maximum atomic E-state index is 13.9. The van der Waals surface area contributed by atoms with E-state index in [0.717, 1.165) is 36.7 Å². The topological polar surface area (TPSA) is 76.5 Å². The molecule has 2 aromatic rings. The number of hydrogen-bond acceptors (Lipinski definition) is 4. The summed E-state index contributed by atoms with van der Waals surface area (Å²) in [7, 11) is 0. The largest absolute Gasteiger partial charge is 0.376 e. The summed E-state index contributed by atoms with van der Waals surface area (Å²) in [6.45, 7) is 7.93. The molecular weight excluding hydrogens is 404 g/mol. The molecule has 3 heterocycles. The lowest BCUT2D eigenvalue weighted by Crippen LogP contribution is -2.66. The standard InChI is InChI=1S/C25H34N4O3/c1-16-8-6-11-19(17(16)2)27-24(31)25(3)15-28-21-12-5-4-10-20(21)26-22(28)23(30)29(25)14-18-9-7-13-32-18/h4-5,10,12,16-19H,6-9,11,13-15H2,1-3H3,(H,27,31)/t16-,17-,18+,19+,25+/m1/s1. The predicted molar refractivity (Wildman–Crippen MR) is 122 cm³/mol. The lowest BCUT2D eigenvalue weighted by molar-refractivity contribution is -0.135. The van der Waals surface area contributed by atoms with Crippen LogP contribution < -0.4 is 5.32 Å². The minimum atomic E-state index is -1.00. The van der Waals surface area contributed by atoms with Gasteiger partial charge in [0.2, 0.25) is 5.91 Å². The van der Waals surface area contributed by atoms with Gasteiger partial charge in [-0.2, -0.15) is 0 Å². The SMILES string of the molecule is C[C@@H]1[C@H](C)CCC[C@@H]1NC(=O)[C@]1(C)Cn2c(nc3ccccc32)C(=O)N1C[C@@H]1CCCO1. The number of imidazole rings is 1. The number of carbonyl (C=O) groups excluding carboxylic acids is 2. The molecule has 1 N–H and O–H groups in total. The molecule has 0 radical (unpaired) electrons. The zero-order chi connectivity index (χ0) is 22.5. The van der Waals surface area contributed by atoms with E-state index in [-0.39, 0.29) is 24.0 Å². The molecule has 0 bridgehead atoms. The zero-order valence-electron chi connectivity index (χ0n) is 19.3. The normalized spacial score (nSPS) is 32.8. The number of rotatable bonds is 4. The van der Waals surface area contributed by atoms with Crippen molar-refractivity contribution >= 4 is 22.8 Å². The van der Waals surface area contributed by atoms with E-state index in [1.807, 2.05) is 35.8 Å². The highest BCUT2D eigenvalue weighted by molar-refractivity contribution is 6.01. The summed E-state index contributed by atoms with van der Waals surface area (Å²) in [6, 6.07) is 7.90. The summed E-state index contributed by atoms with van der Waals surface area (Å²) in [5, 5.41) is 3.35. The maximum Gasteiger partial charge on any atom is 0.290 e. The van der Waals surface area contributed by atoms with Gasteiger partial charge in [0.25, 0.3) is 5.91 Å². The summed E-state index contributed by atoms with van der Waals surface area (Å²) >= 11 is 0. The highest BCUT2D eigenvalue weighted by atomic mass is 16.5. The number of fused-ring (bicyclic) bond motifs is 3. The van der Waals surface area contributed by atoms with Gasteiger partial charge in [0.15, 0.2) is 5.82 Å². The van der Waals surface area contributed by atoms with E-state index in [2.05, 4.69) is 24.1 Å². The summed E-state index contributed by atoms with van der Waals surface area (Å²) in [4.78, 5) is 33.9. The van der Waals surface area contributed by atoms with Crippen molar-refractivity contribution in [1.82, 2.24) is 19.8 Å². The van der Waals surface area contributed by atoms with E-state index >= 15 is 0 Å².